The van der Waals surface area contributed by atoms with Crippen molar-refractivity contribution < 1.29 is 64.8 Å². The Kier molecular flexibility index (Phi) is 41.8. The molecule has 0 aliphatic rings. The molecule has 0 aliphatic carbocycles. The summed E-state index contributed by atoms with van der Waals surface area (Å²) in [6, 6.07) is 0. The predicted molar refractivity (Wildman–Crippen MR) is 219 cm³/mol. The summed E-state index contributed by atoms with van der Waals surface area (Å²) in [4.78, 5) is 44.2. The molecule has 0 rings (SSSR count). The van der Waals surface area contributed by atoms with Gasteiger partial charge in [-0.1, -0.05) is 181 Å². The van der Waals surface area contributed by atoms with E-state index in [-0.39, 0.29) is 36.3 Å². The Balaban J connectivity index is -0.00000101. The molecule has 0 aromatic rings. The van der Waals surface area contributed by atoms with E-state index in [4.69, 9.17) is 19.1 Å². The van der Waals surface area contributed by atoms with Crippen LogP contribution >= 0.6 is 0 Å². The Bertz CT molecular complexity index is 1130. The second kappa shape index (κ2) is 39.9. The molecule has 17 heteroatoms. The number of hydrogen-bond acceptors (Lipinski definition) is 12. The molecule has 0 saturated heterocycles. The summed E-state index contributed by atoms with van der Waals surface area (Å²) in [6.45, 7) is 4.69. The summed E-state index contributed by atoms with van der Waals surface area (Å²) < 4.78 is 72.4. The van der Waals surface area contributed by atoms with Crippen LogP contribution in [0.3, 0.4) is 0 Å². The van der Waals surface area contributed by atoms with Crippen LogP contribution < -0.4 is 5.11 Å². The standard InChI is InChI=1S/2C20H38O7S.Mg/c2*1-2-3-4-5-6-7-8-9-10-11-12-13-14-15-16-27-19(21)17-18(20(22)23)28(24,25)26;/h2*18H,2-17H2,1H3,(H,22,23)(H,24,25,26);/q;;+2/p-2. The third-order valence-electron chi connectivity index (χ3n) is 9.47. The van der Waals surface area contributed by atoms with Crippen LogP contribution in [0.15, 0.2) is 0 Å². The van der Waals surface area contributed by atoms with Crippen LogP contribution in [-0.4, -0.2) is 102 Å². The van der Waals surface area contributed by atoms with Gasteiger partial charge in [0.2, 0.25) is 0 Å². The Morgan fingerprint density at radius 1 is 0.491 bits per heavy atom. The van der Waals surface area contributed by atoms with E-state index in [1.807, 2.05) is 0 Å². The molecule has 0 aromatic carbocycles. The fourth-order valence-electron chi connectivity index (χ4n) is 6.01. The molecule has 14 nitrogen and oxygen atoms in total. The average Bonchev–Trinajstić information content (AvgIpc) is 3.11. The fourth-order valence-corrected chi connectivity index (χ4v) is 7.19. The van der Waals surface area contributed by atoms with Gasteiger partial charge in [-0.3, -0.25) is 18.9 Å². The van der Waals surface area contributed by atoms with E-state index in [9.17, 15) is 45.7 Å². The van der Waals surface area contributed by atoms with Crippen molar-refractivity contribution in [1.82, 2.24) is 0 Å². The maximum absolute atomic E-state index is 11.5. The molecular formula is C40H74MgO14S2. The van der Waals surface area contributed by atoms with Crippen LogP contribution in [0.1, 0.15) is 206 Å². The number of carbonyl (C=O) groups is 4. The number of ether oxygens (including phenoxy) is 2. The van der Waals surface area contributed by atoms with E-state index in [1.165, 1.54) is 128 Å². The van der Waals surface area contributed by atoms with Crippen LogP contribution in [0, 0.1) is 0 Å². The van der Waals surface area contributed by atoms with Crippen molar-refractivity contribution >= 4 is 67.2 Å². The van der Waals surface area contributed by atoms with Crippen LogP contribution in [0.4, 0.5) is 0 Å². The zero-order chi connectivity index (χ0) is 42.5. The maximum atomic E-state index is 11.5. The van der Waals surface area contributed by atoms with Crippen molar-refractivity contribution in [2.45, 2.75) is 217 Å². The largest absolute Gasteiger partial charge is 2.00 e. The van der Waals surface area contributed by atoms with E-state index in [0.29, 0.717) is 12.8 Å². The van der Waals surface area contributed by atoms with E-state index < -0.39 is 67.5 Å². The van der Waals surface area contributed by atoms with Crippen LogP contribution in [-0.2, 0) is 48.9 Å². The van der Waals surface area contributed by atoms with Gasteiger partial charge < -0.3 is 29.0 Å². The molecule has 0 heterocycles. The van der Waals surface area contributed by atoms with Crippen LogP contribution in [0.25, 0.3) is 0 Å². The second-order valence-corrected chi connectivity index (χ2v) is 17.8. The maximum Gasteiger partial charge on any atom is 2.00 e. The van der Waals surface area contributed by atoms with Gasteiger partial charge in [0.25, 0.3) is 10.1 Å². The molecule has 0 amide bonds. The van der Waals surface area contributed by atoms with Gasteiger partial charge in [-0.15, -0.1) is 0 Å². The monoisotopic (exact) mass is 866 g/mol. The van der Waals surface area contributed by atoms with Crippen LogP contribution in [0.2, 0.25) is 0 Å². The minimum atomic E-state index is -5.13. The van der Waals surface area contributed by atoms with E-state index in [1.54, 1.807) is 0 Å². The van der Waals surface area contributed by atoms with Gasteiger partial charge in [0.05, 0.1) is 37.3 Å². The first-order valence-electron chi connectivity index (χ1n) is 21.2. The van der Waals surface area contributed by atoms with Crippen molar-refractivity contribution in [3.8, 4) is 0 Å². The number of carboxylic acid groups (broad SMARTS) is 2. The Morgan fingerprint density at radius 3 is 0.947 bits per heavy atom. The molecule has 2 unspecified atom stereocenters. The second-order valence-electron chi connectivity index (χ2n) is 14.7. The first-order valence-corrected chi connectivity index (χ1v) is 24.2. The molecule has 0 bridgehead atoms. The summed E-state index contributed by atoms with van der Waals surface area (Å²) in [5.74, 6) is -5.79. The molecule has 0 saturated carbocycles. The van der Waals surface area contributed by atoms with E-state index >= 15 is 0 Å². The minimum absolute atomic E-state index is 0. The van der Waals surface area contributed by atoms with Crippen molar-refractivity contribution in [3.63, 3.8) is 0 Å². The normalized spacial score (nSPS) is 12.4. The summed E-state index contributed by atoms with van der Waals surface area (Å²) >= 11 is 0. The SMILES string of the molecule is CCCCCCCCCCCCCCCCOC(=O)CC(C(=O)O)S(=O)(=O)O.CCCCCCCCCCCCCCCCOC(=O)CC(C(=O)[O-])S(=O)(=O)[O-].[Mg+2]. The first kappa shape index (κ1) is 59.8. The predicted octanol–water partition coefficient (Wildman–Crippen LogP) is 7.43. The Morgan fingerprint density at radius 2 is 0.737 bits per heavy atom. The number of carbonyl (C=O) groups excluding carboxylic acids is 3. The van der Waals surface area contributed by atoms with Crippen molar-refractivity contribution in [1.29, 1.82) is 0 Å². The zero-order valence-corrected chi connectivity index (χ0v) is 38.1. The molecular weight excluding hydrogens is 793 g/mol. The summed E-state index contributed by atoms with van der Waals surface area (Å²) in [5.41, 5.74) is 0. The summed E-state index contributed by atoms with van der Waals surface area (Å²) in [5, 5.41) is 14.7. The molecule has 0 aromatic heterocycles. The molecule has 2 N–H and O–H groups in total. The zero-order valence-electron chi connectivity index (χ0n) is 35.1. The minimum Gasteiger partial charge on any atom is -0.747 e. The number of aliphatic carboxylic acids is 2. The van der Waals surface area contributed by atoms with Gasteiger partial charge in [0.1, 0.15) is 10.1 Å². The molecule has 57 heavy (non-hydrogen) atoms. The Hall–Kier alpha value is -1.53. The topological polar surface area (TPSA) is 242 Å². The van der Waals surface area contributed by atoms with Gasteiger partial charge in [-0.25, -0.2) is 8.42 Å². The van der Waals surface area contributed by atoms with E-state index in [0.717, 1.165) is 38.5 Å². The van der Waals surface area contributed by atoms with Gasteiger partial charge in [0, 0.05) is 0 Å². The third-order valence-corrected chi connectivity index (χ3v) is 11.6. The third kappa shape index (κ3) is 41.0. The number of esters is 2. The number of rotatable bonds is 38. The number of unbranched alkanes of at least 4 members (excludes halogenated alkanes) is 26. The number of carboxylic acids is 2. The van der Waals surface area contributed by atoms with Gasteiger partial charge in [-0.2, -0.15) is 8.42 Å². The summed E-state index contributed by atoms with van der Waals surface area (Å²) in [7, 11) is -9.95. The van der Waals surface area contributed by atoms with Crippen molar-refractivity contribution in [2.24, 2.45) is 0 Å². The van der Waals surface area contributed by atoms with Gasteiger partial charge in [0.15, 0.2) is 5.25 Å². The first-order chi connectivity index (χ1) is 26.6. The smallest absolute Gasteiger partial charge is 0.747 e. The van der Waals surface area contributed by atoms with Crippen molar-refractivity contribution in [3.05, 3.63) is 0 Å². The average molecular weight is 867 g/mol. The van der Waals surface area contributed by atoms with E-state index in [2.05, 4.69) is 13.8 Å². The molecule has 0 aliphatic heterocycles. The van der Waals surface area contributed by atoms with Gasteiger partial charge >= 0.3 is 41.0 Å². The Labute approximate surface area is 360 Å². The van der Waals surface area contributed by atoms with Gasteiger partial charge in [-0.05, 0) is 12.8 Å². The van der Waals surface area contributed by atoms with Crippen LogP contribution in [0.5, 0.6) is 0 Å². The quantitative estimate of drug-likeness (QED) is 0.0266. The summed E-state index contributed by atoms with van der Waals surface area (Å²) in [6.07, 6.45) is 31.8. The fraction of sp³-hybridized carbons (Fsp3) is 0.900. The molecule has 0 radical (unpaired) electrons. The van der Waals surface area contributed by atoms with Crippen molar-refractivity contribution in [2.75, 3.05) is 13.2 Å². The molecule has 2 atom stereocenters. The number of hydrogen-bond donors (Lipinski definition) is 2. The molecule has 0 spiro atoms. The molecule has 0 fully saturated rings. The molecule has 332 valence electrons.